The van der Waals surface area contributed by atoms with Crippen molar-refractivity contribution in [2.24, 2.45) is 34.5 Å². The first-order valence-electron chi connectivity index (χ1n) is 11.0. The van der Waals surface area contributed by atoms with Crippen molar-refractivity contribution in [3.63, 3.8) is 0 Å². The van der Waals surface area contributed by atoms with E-state index in [1.54, 1.807) is 6.08 Å². The lowest BCUT2D eigenvalue weighted by Gasteiger charge is -2.67. The number of carbonyl (C=O) groups excluding carboxylic acids is 2. The molecule has 8 atom stereocenters. The Bertz CT molecular complexity index is 896. The summed E-state index contributed by atoms with van der Waals surface area (Å²) in [6.07, 6.45) is 8.62. The number of allylic oxidation sites excluding steroid dienone is 2. The quantitative estimate of drug-likeness (QED) is 0.415. The molecule has 6 rings (SSSR count). The first-order chi connectivity index (χ1) is 13.8. The molecule has 6 nitrogen and oxygen atoms in total. The third kappa shape index (κ3) is 1.57. The average molecular weight is 399 g/mol. The van der Waals surface area contributed by atoms with Gasteiger partial charge in [0.05, 0.1) is 23.9 Å². The van der Waals surface area contributed by atoms with Crippen molar-refractivity contribution in [1.29, 1.82) is 0 Å². The normalized spacial score (nSPS) is 54.3. The minimum absolute atomic E-state index is 0.00819. The van der Waals surface area contributed by atoms with Gasteiger partial charge in [0.25, 0.3) is 0 Å². The van der Waals surface area contributed by atoms with Crippen LogP contribution in [0.25, 0.3) is 0 Å². The van der Waals surface area contributed by atoms with Gasteiger partial charge in [0.15, 0.2) is 5.72 Å². The fourth-order valence-corrected chi connectivity index (χ4v) is 8.70. The van der Waals surface area contributed by atoms with E-state index in [4.69, 9.17) is 4.74 Å². The van der Waals surface area contributed by atoms with Crippen LogP contribution < -0.4 is 0 Å². The molecule has 0 aromatic carbocycles. The predicted molar refractivity (Wildman–Crippen MR) is 103 cm³/mol. The average Bonchev–Trinajstić information content (AvgIpc) is 3.32. The number of methoxy groups -OCH3 is 1. The van der Waals surface area contributed by atoms with Gasteiger partial charge in [-0.3, -0.25) is 9.69 Å². The van der Waals surface area contributed by atoms with Gasteiger partial charge in [-0.1, -0.05) is 30.2 Å². The highest BCUT2D eigenvalue weighted by molar-refractivity contribution is 5.78. The third-order valence-corrected chi connectivity index (χ3v) is 9.80. The standard InChI is InChI=1S/C23H29NO5/c1-13-10-24-11-15-5-3-14-4-6-16-17(19(26)29-2)9-21(18(14)16)20(15,12-25)7-8-22(13,27)23(21,24)28/h7-8,12-13,15-17,27-28H,3-6,9-11H2,1-2H3/t13-,15-,16-,17-,20-,21-,22+,23+/m1/s1. The van der Waals surface area contributed by atoms with Gasteiger partial charge in [0.1, 0.15) is 11.9 Å². The molecule has 29 heavy (non-hydrogen) atoms. The fraction of sp³-hybridized carbons (Fsp3) is 0.739. The molecule has 0 amide bonds. The fourth-order valence-electron chi connectivity index (χ4n) is 8.70. The minimum Gasteiger partial charge on any atom is -0.469 e. The lowest BCUT2D eigenvalue weighted by Crippen LogP contribution is -2.79. The number of rotatable bonds is 2. The van der Waals surface area contributed by atoms with Gasteiger partial charge in [-0.2, -0.15) is 0 Å². The van der Waals surface area contributed by atoms with Crippen LogP contribution in [-0.4, -0.2) is 58.9 Å². The Labute approximate surface area is 170 Å². The Morgan fingerprint density at radius 1 is 1.24 bits per heavy atom. The molecule has 156 valence electrons. The topological polar surface area (TPSA) is 87.1 Å². The summed E-state index contributed by atoms with van der Waals surface area (Å²) in [5.41, 5.74) is -2.47. The van der Waals surface area contributed by atoms with E-state index in [1.165, 1.54) is 12.7 Å². The highest BCUT2D eigenvalue weighted by Crippen LogP contribution is 2.78. The van der Waals surface area contributed by atoms with Gasteiger partial charge in [-0.05, 0) is 43.9 Å². The molecule has 0 aromatic heterocycles. The van der Waals surface area contributed by atoms with E-state index in [0.717, 1.165) is 37.5 Å². The molecule has 0 radical (unpaired) electrons. The minimum atomic E-state index is -1.58. The van der Waals surface area contributed by atoms with E-state index in [9.17, 15) is 19.8 Å². The second-order valence-corrected chi connectivity index (χ2v) is 10.3. The number of aldehydes is 1. The zero-order valence-corrected chi connectivity index (χ0v) is 17.1. The van der Waals surface area contributed by atoms with Crippen molar-refractivity contribution < 1.29 is 24.5 Å². The Balaban J connectivity index is 1.72. The number of esters is 1. The maximum absolute atomic E-state index is 12.9. The molecule has 0 unspecified atom stereocenters. The van der Waals surface area contributed by atoms with Crippen molar-refractivity contribution >= 4 is 12.3 Å². The molecule has 6 aliphatic rings. The number of carbonyl (C=O) groups is 2. The van der Waals surface area contributed by atoms with Crippen LogP contribution in [0, 0.1) is 34.5 Å². The zero-order chi connectivity index (χ0) is 20.4. The van der Waals surface area contributed by atoms with Gasteiger partial charge in [-0.15, -0.1) is 0 Å². The maximum Gasteiger partial charge on any atom is 0.309 e. The van der Waals surface area contributed by atoms with Crippen LogP contribution in [0.15, 0.2) is 23.3 Å². The van der Waals surface area contributed by atoms with Crippen molar-refractivity contribution in [3.8, 4) is 0 Å². The summed E-state index contributed by atoms with van der Waals surface area (Å²) >= 11 is 0. The summed E-state index contributed by atoms with van der Waals surface area (Å²) in [4.78, 5) is 27.8. The van der Waals surface area contributed by atoms with Crippen LogP contribution in [0.1, 0.15) is 39.0 Å². The summed E-state index contributed by atoms with van der Waals surface area (Å²) in [5, 5.41) is 24.4. The van der Waals surface area contributed by atoms with Crippen LogP contribution in [0.3, 0.4) is 0 Å². The first kappa shape index (κ1) is 18.3. The highest BCUT2D eigenvalue weighted by atomic mass is 16.5. The second-order valence-electron chi connectivity index (χ2n) is 10.3. The monoisotopic (exact) mass is 399 g/mol. The summed E-state index contributed by atoms with van der Waals surface area (Å²) in [6, 6.07) is 0. The molecule has 1 saturated carbocycles. The van der Waals surface area contributed by atoms with Crippen molar-refractivity contribution in [2.75, 3.05) is 20.2 Å². The zero-order valence-electron chi connectivity index (χ0n) is 17.1. The van der Waals surface area contributed by atoms with E-state index in [2.05, 4.69) is 0 Å². The van der Waals surface area contributed by atoms with Crippen LogP contribution >= 0.6 is 0 Å². The van der Waals surface area contributed by atoms with Gasteiger partial charge in [0.2, 0.25) is 0 Å². The smallest absolute Gasteiger partial charge is 0.309 e. The van der Waals surface area contributed by atoms with E-state index >= 15 is 0 Å². The Morgan fingerprint density at radius 3 is 2.72 bits per heavy atom. The molecule has 3 fully saturated rings. The highest BCUT2D eigenvalue weighted by Gasteiger charge is 2.84. The van der Waals surface area contributed by atoms with Crippen molar-refractivity contribution in [2.45, 2.75) is 50.4 Å². The number of hydrogen-bond acceptors (Lipinski definition) is 6. The first-order valence-corrected chi connectivity index (χ1v) is 11.0. The van der Waals surface area contributed by atoms with E-state index in [-0.39, 0.29) is 29.6 Å². The summed E-state index contributed by atoms with van der Waals surface area (Å²) in [7, 11) is 1.41. The Morgan fingerprint density at radius 2 is 2.00 bits per heavy atom. The molecule has 0 aromatic rings. The second kappa shape index (κ2) is 5.21. The van der Waals surface area contributed by atoms with E-state index in [0.29, 0.717) is 19.5 Å². The number of piperidine rings is 1. The van der Waals surface area contributed by atoms with Crippen molar-refractivity contribution in [3.05, 3.63) is 23.3 Å². The van der Waals surface area contributed by atoms with Gasteiger partial charge in [-0.25, -0.2) is 0 Å². The van der Waals surface area contributed by atoms with Crippen LogP contribution in [-0.2, 0) is 14.3 Å². The largest absolute Gasteiger partial charge is 0.469 e. The molecule has 4 aliphatic carbocycles. The van der Waals surface area contributed by atoms with Gasteiger partial charge >= 0.3 is 5.97 Å². The van der Waals surface area contributed by atoms with Gasteiger partial charge in [0, 0.05) is 19.0 Å². The number of nitrogens with zero attached hydrogens (tertiary/aromatic N) is 1. The Hall–Kier alpha value is -1.50. The molecule has 1 spiro atoms. The maximum atomic E-state index is 12.9. The lowest BCUT2D eigenvalue weighted by molar-refractivity contribution is -0.295. The molecule has 2 aliphatic heterocycles. The Kier molecular flexibility index (Phi) is 3.29. The summed E-state index contributed by atoms with van der Waals surface area (Å²) < 4.78 is 5.17. The van der Waals surface area contributed by atoms with E-state index in [1.807, 2.05) is 17.9 Å². The molecule has 6 heteroatoms. The predicted octanol–water partition coefficient (Wildman–Crippen LogP) is 1.42. The summed E-state index contributed by atoms with van der Waals surface area (Å²) in [6.45, 7) is 3.15. The molecule has 2 N–H and O–H groups in total. The van der Waals surface area contributed by atoms with Crippen molar-refractivity contribution in [1.82, 2.24) is 4.90 Å². The van der Waals surface area contributed by atoms with Gasteiger partial charge < -0.3 is 19.7 Å². The third-order valence-electron chi connectivity index (χ3n) is 9.80. The van der Waals surface area contributed by atoms with Crippen LogP contribution in [0.2, 0.25) is 0 Å². The molecular weight excluding hydrogens is 370 g/mol. The van der Waals surface area contributed by atoms with Crippen LogP contribution in [0.4, 0.5) is 0 Å². The SMILES string of the molecule is COC(=O)[C@@H]1C[C@@]23C4=C(CC[C@@H]5CN6C[C@@H](C)[C@@](O)(C=C[C@@]52C=O)[C@]63O)CC[C@@H]41. The number of aliphatic hydroxyl groups is 2. The number of ether oxygens (including phenoxy) is 1. The molecule has 2 heterocycles. The lowest BCUT2D eigenvalue weighted by atomic mass is 9.43. The molecule has 4 bridgehead atoms. The van der Waals surface area contributed by atoms with E-state index < -0.39 is 22.2 Å². The molecule has 2 saturated heterocycles. The molecular formula is C23H29NO5. The summed E-state index contributed by atoms with van der Waals surface area (Å²) in [5.74, 6) is -0.742. The van der Waals surface area contributed by atoms with Crippen LogP contribution in [0.5, 0.6) is 0 Å². The number of hydrogen-bond donors (Lipinski definition) is 2.